The van der Waals surface area contributed by atoms with E-state index in [9.17, 15) is 14.3 Å². The van der Waals surface area contributed by atoms with Crippen LogP contribution in [0, 0.1) is 12.7 Å². The number of ether oxygens (including phenoxy) is 3. The van der Waals surface area contributed by atoms with Crippen molar-refractivity contribution >= 4 is 22.9 Å². The van der Waals surface area contributed by atoms with E-state index in [0.717, 1.165) is 0 Å². The van der Waals surface area contributed by atoms with E-state index in [2.05, 4.69) is 15.4 Å². The second-order valence-corrected chi connectivity index (χ2v) is 7.52. The minimum atomic E-state index is -0.713. The van der Waals surface area contributed by atoms with E-state index in [1.165, 1.54) is 35.2 Å². The van der Waals surface area contributed by atoms with Crippen LogP contribution in [0.3, 0.4) is 0 Å². The quantitative estimate of drug-likeness (QED) is 0.545. The molecule has 4 atom stereocenters. The molecule has 0 spiro atoms. The van der Waals surface area contributed by atoms with Gasteiger partial charge in [-0.2, -0.15) is 5.10 Å². The second-order valence-electron chi connectivity index (χ2n) is 7.52. The topological polar surface area (TPSA) is 133 Å². The molecule has 1 amide bonds. The third-order valence-electron chi connectivity index (χ3n) is 5.55. The number of aliphatic hydroxyl groups is 1. The van der Waals surface area contributed by atoms with Gasteiger partial charge in [0.05, 0.1) is 24.5 Å². The molecule has 2 aliphatic rings. The van der Waals surface area contributed by atoms with Crippen LogP contribution in [0.2, 0.25) is 0 Å². The highest BCUT2D eigenvalue weighted by molar-refractivity contribution is 5.98. The maximum absolute atomic E-state index is 14.0. The molecule has 0 radical (unpaired) electrons. The first-order valence-electron chi connectivity index (χ1n) is 9.69. The molecule has 4 heterocycles. The number of aromatic nitrogens is 3. The van der Waals surface area contributed by atoms with Gasteiger partial charge in [0.2, 0.25) is 0 Å². The van der Waals surface area contributed by atoms with Crippen LogP contribution in [0.4, 0.5) is 15.9 Å². The molecule has 10 nitrogen and oxygen atoms in total. The lowest BCUT2D eigenvalue weighted by atomic mass is 10.1. The van der Waals surface area contributed by atoms with Gasteiger partial charge in [-0.3, -0.25) is 4.79 Å². The minimum Gasteiger partial charge on any atom is -0.483 e. The normalized spacial score (nSPS) is 25.0. The van der Waals surface area contributed by atoms with Crippen molar-refractivity contribution in [1.29, 1.82) is 0 Å². The van der Waals surface area contributed by atoms with E-state index < -0.39 is 36.1 Å². The van der Waals surface area contributed by atoms with Gasteiger partial charge in [0.1, 0.15) is 41.7 Å². The summed E-state index contributed by atoms with van der Waals surface area (Å²) in [5.74, 6) is -0.430. The molecule has 0 bridgehead atoms. The van der Waals surface area contributed by atoms with Crippen molar-refractivity contribution in [2.24, 2.45) is 5.73 Å². The van der Waals surface area contributed by atoms with Crippen LogP contribution < -0.4 is 15.8 Å². The van der Waals surface area contributed by atoms with Gasteiger partial charge in [0.25, 0.3) is 5.91 Å². The van der Waals surface area contributed by atoms with Gasteiger partial charge in [-0.05, 0) is 24.6 Å². The maximum Gasteiger partial charge on any atom is 0.250 e. The van der Waals surface area contributed by atoms with Crippen LogP contribution in [0.5, 0.6) is 5.75 Å². The van der Waals surface area contributed by atoms with Crippen molar-refractivity contribution in [1.82, 2.24) is 14.6 Å². The maximum atomic E-state index is 14.0. The van der Waals surface area contributed by atoms with Crippen LogP contribution in [-0.4, -0.2) is 63.2 Å². The Balaban J connectivity index is 1.48. The molecule has 0 saturated carbocycles. The molecule has 0 aliphatic carbocycles. The summed E-state index contributed by atoms with van der Waals surface area (Å²) in [7, 11) is 0. The van der Waals surface area contributed by atoms with Crippen molar-refractivity contribution in [3.63, 3.8) is 0 Å². The summed E-state index contributed by atoms with van der Waals surface area (Å²) in [6, 6.07) is 4.06. The molecule has 2 fully saturated rings. The number of carbonyl (C=O) groups excluding carboxylic acids is 1. The number of aliphatic hydroxyl groups excluding tert-OH is 1. The number of fused-ring (bicyclic) bond motifs is 2. The predicted molar refractivity (Wildman–Crippen MR) is 106 cm³/mol. The SMILES string of the molecule is Cc1c(C(N)=O)cn2ncnc(Nc3ccc(F)cc3OC3CO[C@@H]4C(O)CO[C@H]34)c12. The van der Waals surface area contributed by atoms with E-state index in [1.807, 2.05) is 0 Å². The number of anilines is 2. The standard InChI is InChI=1S/C20H20FN5O5/c1-9-11(19(22)28)5-26-16(9)20(23-8-24-26)25-12-3-2-10(21)4-14(12)31-15-7-30-17-13(27)6-29-18(15)17/h2-5,8,13,15,17-18,27H,6-7H2,1H3,(H2,22,28)(H,23,24,25)/t13?,15?,17-,18-/m1/s1. The Morgan fingerprint density at radius 3 is 2.97 bits per heavy atom. The van der Waals surface area contributed by atoms with Gasteiger partial charge < -0.3 is 30.4 Å². The number of nitrogens with one attached hydrogen (secondary N) is 1. The monoisotopic (exact) mass is 429 g/mol. The van der Waals surface area contributed by atoms with Gasteiger partial charge in [-0.25, -0.2) is 13.9 Å². The number of amides is 1. The van der Waals surface area contributed by atoms with Crippen LogP contribution in [0.25, 0.3) is 5.52 Å². The lowest BCUT2D eigenvalue weighted by Gasteiger charge is -2.20. The molecule has 2 unspecified atom stereocenters. The van der Waals surface area contributed by atoms with E-state index >= 15 is 0 Å². The first kappa shape index (κ1) is 19.7. The number of benzene rings is 1. The van der Waals surface area contributed by atoms with E-state index in [0.29, 0.717) is 28.1 Å². The second kappa shape index (κ2) is 7.45. The molecule has 31 heavy (non-hydrogen) atoms. The molecular weight excluding hydrogens is 409 g/mol. The van der Waals surface area contributed by atoms with Gasteiger partial charge in [-0.1, -0.05) is 0 Å². The lowest BCUT2D eigenvalue weighted by molar-refractivity contribution is 0.00871. The Morgan fingerprint density at radius 2 is 2.16 bits per heavy atom. The summed E-state index contributed by atoms with van der Waals surface area (Å²) >= 11 is 0. The van der Waals surface area contributed by atoms with Crippen molar-refractivity contribution < 1.29 is 28.5 Å². The number of carbonyl (C=O) groups is 1. The zero-order valence-electron chi connectivity index (χ0n) is 16.5. The lowest BCUT2D eigenvalue weighted by Crippen LogP contribution is -2.34. The number of rotatable bonds is 5. The largest absolute Gasteiger partial charge is 0.483 e. The average molecular weight is 429 g/mol. The van der Waals surface area contributed by atoms with Crippen molar-refractivity contribution in [2.75, 3.05) is 18.5 Å². The highest BCUT2D eigenvalue weighted by Crippen LogP contribution is 2.35. The number of primary amides is 1. The molecule has 5 rings (SSSR count). The molecule has 4 N–H and O–H groups in total. The van der Waals surface area contributed by atoms with Crippen LogP contribution in [0.1, 0.15) is 15.9 Å². The fraction of sp³-hybridized carbons (Fsp3) is 0.350. The Morgan fingerprint density at radius 1 is 1.35 bits per heavy atom. The Hall–Kier alpha value is -3.28. The van der Waals surface area contributed by atoms with Crippen LogP contribution in [0.15, 0.2) is 30.7 Å². The minimum absolute atomic E-state index is 0.165. The fourth-order valence-electron chi connectivity index (χ4n) is 4.03. The van der Waals surface area contributed by atoms with E-state index in [4.69, 9.17) is 19.9 Å². The van der Waals surface area contributed by atoms with E-state index in [1.54, 1.807) is 6.92 Å². The summed E-state index contributed by atoms with van der Waals surface area (Å²) in [5.41, 5.74) is 7.38. The number of halogens is 1. The number of hydrogen-bond acceptors (Lipinski definition) is 8. The first-order chi connectivity index (χ1) is 14.9. The average Bonchev–Trinajstić information content (AvgIpc) is 3.40. The first-order valence-corrected chi connectivity index (χ1v) is 9.69. The third-order valence-corrected chi connectivity index (χ3v) is 5.55. The van der Waals surface area contributed by atoms with E-state index in [-0.39, 0.29) is 19.0 Å². The molecule has 3 aromatic rings. The Labute approximate surface area is 175 Å². The van der Waals surface area contributed by atoms with Crippen molar-refractivity contribution in [3.05, 3.63) is 47.7 Å². The summed E-state index contributed by atoms with van der Waals surface area (Å²) < 4.78 is 32.7. The molecule has 2 saturated heterocycles. The fourth-order valence-corrected chi connectivity index (χ4v) is 4.03. The van der Waals surface area contributed by atoms with Crippen molar-refractivity contribution in [2.45, 2.75) is 31.3 Å². The smallest absolute Gasteiger partial charge is 0.250 e. The molecule has 2 aliphatic heterocycles. The molecular formula is C20H20FN5O5. The number of hydrogen-bond donors (Lipinski definition) is 3. The summed E-state index contributed by atoms with van der Waals surface area (Å²) in [4.78, 5) is 16.0. The molecule has 1 aromatic carbocycles. The predicted octanol–water partition coefficient (Wildman–Crippen LogP) is 0.925. The Kier molecular flexibility index (Phi) is 4.73. The van der Waals surface area contributed by atoms with Crippen LogP contribution in [-0.2, 0) is 9.47 Å². The van der Waals surface area contributed by atoms with Gasteiger partial charge in [0, 0.05) is 12.3 Å². The highest BCUT2D eigenvalue weighted by Gasteiger charge is 2.48. The molecule has 11 heteroatoms. The molecule has 2 aromatic heterocycles. The zero-order chi connectivity index (χ0) is 21.7. The third kappa shape index (κ3) is 3.36. The van der Waals surface area contributed by atoms with Crippen LogP contribution >= 0.6 is 0 Å². The molecule has 162 valence electrons. The number of nitrogens with two attached hydrogens (primary N) is 1. The van der Waals surface area contributed by atoms with Gasteiger partial charge >= 0.3 is 0 Å². The zero-order valence-corrected chi connectivity index (χ0v) is 16.5. The van der Waals surface area contributed by atoms with Crippen molar-refractivity contribution in [3.8, 4) is 5.75 Å². The highest BCUT2D eigenvalue weighted by atomic mass is 19.1. The summed E-state index contributed by atoms with van der Waals surface area (Å²) in [6.45, 7) is 2.11. The van der Waals surface area contributed by atoms with Gasteiger partial charge in [0.15, 0.2) is 11.9 Å². The summed E-state index contributed by atoms with van der Waals surface area (Å²) in [6.07, 6.45) is 0.726. The number of nitrogens with zero attached hydrogens (tertiary/aromatic N) is 3. The Bertz CT molecular complexity index is 1170. The number of aryl methyl sites for hydroxylation is 1. The van der Waals surface area contributed by atoms with Gasteiger partial charge in [-0.15, -0.1) is 0 Å². The summed E-state index contributed by atoms with van der Waals surface area (Å²) in [5, 5.41) is 17.2.